The molecule has 0 atom stereocenters. The van der Waals surface area contributed by atoms with Gasteiger partial charge in [0.1, 0.15) is 0 Å². The highest BCUT2D eigenvalue weighted by Crippen LogP contribution is 2.33. The third-order valence-corrected chi connectivity index (χ3v) is 2.65. The first-order valence-electron chi connectivity index (χ1n) is 4.99. The SMILES string of the molecule is COc1cc(NC(=O)C2(N)CC2)ccc1F.Cl. The summed E-state index contributed by atoms with van der Waals surface area (Å²) in [4.78, 5) is 11.6. The largest absolute Gasteiger partial charge is 0.494 e. The van der Waals surface area contributed by atoms with Crippen LogP contribution < -0.4 is 15.8 Å². The molecule has 0 radical (unpaired) electrons. The van der Waals surface area contributed by atoms with Crippen LogP contribution in [-0.2, 0) is 4.79 Å². The van der Waals surface area contributed by atoms with Crippen molar-refractivity contribution >= 4 is 24.0 Å². The van der Waals surface area contributed by atoms with E-state index < -0.39 is 11.4 Å². The summed E-state index contributed by atoms with van der Waals surface area (Å²) in [5.74, 6) is -0.602. The van der Waals surface area contributed by atoms with Gasteiger partial charge >= 0.3 is 0 Å². The molecule has 0 bridgehead atoms. The van der Waals surface area contributed by atoms with E-state index in [1.807, 2.05) is 0 Å². The van der Waals surface area contributed by atoms with E-state index in [0.717, 1.165) is 0 Å². The number of hydrogen-bond acceptors (Lipinski definition) is 3. The van der Waals surface area contributed by atoms with Crippen molar-refractivity contribution in [3.63, 3.8) is 0 Å². The minimum absolute atomic E-state index is 0. The van der Waals surface area contributed by atoms with Crippen molar-refractivity contribution in [2.24, 2.45) is 5.73 Å². The van der Waals surface area contributed by atoms with Gasteiger partial charge in [0.15, 0.2) is 11.6 Å². The van der Waals surface area contributed by atoms with Crippen LogP contribution in [0.25, 0.3) is 0 Å². The molecule has 17 heavy (non-hydrogen) atoms. The fourth-order valence-corrected chi connectivity index (χ4v) is 1.35. The lowest BCUT2D eigenvalue weighted by Crippen LogP contribution is -2.37. The Labute approximate surface area is 105 Å². The molecular formula is C11H14ClFN2O2. The topological polar surface area (TPSA) is 64.3 Å². The van der Waals surface area contributed by atoms with Gasteiger partial charge in [0.05, 0.1) is 12.6 Å². The van der Waals surface area contributed by atoms with Crippen LogP contribution in [0.2, 0.25) is 0 Å². The van der Waals surface area contributed by atoms with Crippen molar-refractivity contribution in [3.8, 4) is 5.75 Å². The number of ether oxygens (including phenoxy) is 1. The summed E-state index contributed by atoms with van der Waals surface area (Å²) in [7, 11) is 1.37. The summed E-state index contributed by atoms with van der Waals surface area (Å²) < 4.78 is 17.9. The normalized spacial score (nSPS) is 15.7. The van der Waals surface area contributed by atoms with Gasteiger partial charge in [-0.2, -0.15) is 0 Å². The van der Waals surface area contributed by atoms with Crippen LogP contribution in [0.15, 0.2) is 18.2 Å². The number of carbonyl (C=O) groups excluding carboxylic acids is 1. The molecule has 0 unspecified atom stereocenters. The van der Waals surface area contributed by atoms with Crippen LogP contribution in [0.5, 0.6) is 5.75 Å². The average molecular weight is 261 g/mol. The minimum atomic E-state index is -0.735. The number of benzene rings is 1. The fourth-order valence-electron chi connectivity index (χ4n) is 1.35. The van der Waals surface area contributed by atoms with E-state index in [-0.39, 0.29) is 24.1 Å². The van der Waals surface area contributed by atoms with Crippen LogP contribution in [0.3, 0.4) is 0 Å². The van der Waals surface area contributed by atoms with Crippen molar-refractivity contribution in [3.05, 3.63) is 24.0 Å². The molecule has 1 fully saturated rings. The lowest BCUT2D eigenvalue weighted by Gasteiger charge is -2.11. The van der Waals surface area contributed by atoms with Crippen molar-refractivity contribution < 1.29 is 13.9 Å². The van der Waals surface area contributed by atoms with Crippen LogP contribution in [0.4, 0.5) is 10.1 Å². The Morgan fingerprint density at radius 3 is 2.71 bits per heavy atom. The zero-order valence-corrected chi connectivity index (χ0v) is 10.1. The summed E-state index contributed by atoms with van der Waals surface area (Å²) in [6, 6.07) is 4.14. The Bertz CT molecular complexity index is 435. The second-order valence-corrected chi connectivity index (χ2v) is 3.96. The highest BCUT2D eigenvalue weighted by Gasteiger charge is 2.45. The summed E-state index contributed by atoms with van der Waals surface area (Å²) in [6.45, 7) is 0. The monoisotopic (exact) mass is 260 g/mol. The van der Waals surface area contributed by atoms with Crippen molar-refractivity contribution in [1.29, 1.82) is 0 Å². The molecule has 0 aromatic heterocycles. The van der Waals surface area contributed by atoms with E-state index in [1.54, 1.807) is 0 Å². The number of halogens is 2. The molecule has 1 aliphatic rings. The zero-order valence-electron chi connectivity index (χ0n) is 9.33. The first-order valence-corrected chi connectivity index (χ1v) is 4.99. The molecule has 1 aromatic rings. The van der Waals surface area contributed by atoms with E-state index in [9.17, 15) is 9.18 Å². The molecule has 0 saturated heterocycles. The minimum Gasteiger partial charge on any atom is -0.494 e. The smallest absolute Gasteiger partial charge is 0.244 e. The van der Waals surface area contributed by atoms with E-state index in [2.05, 4.69) is 5.32 Å². The molecule has 94 valence electrons. The van der Waals surface area contributed by atoms with Crippen LogP contribution >= 0.6 is 12.4 Å². The zero-order chi connectivity index (χ0) is 11.8. The Kier molecular flexibility index (Phi) is 3.95. The second kappa shape index (κ2) is 4.89. The van der Waals surface area contributed by atoms with Crippen molar-refractivity contribution in [2.75, 3.05) is 12.4 Å². The van der Waals surface area contributed by atoms with E-state index in [4.69, 9.17) is 10.5 Å². The van der Waals surface area contributed by atoms with Gasteiger partial charge in [-0.05, 0) is 25.0 Å². The molecule has 6 heteroatoms. The Balaban J connectivity index is 0.00000144. The number of rotatable bonds is 3. The number of nitrogens with two attached hydrogens (primary N) is 1. The Morgan fingerprint density at radius 2 is 2.18 bits per heavy atom. The van der Waals surface area contributed by atoms with Crippen molar-refractivity contribution in [1.82, 2.24) is 0 Å². The number of nitrogens with one attached hydrogen (secondary N) is 1. The lowest BCUT2D eigenvalue weighted by molar-refractivity contribution is -0.118. The molecule has 2 rings (SSSR count). The number of anilines is 1. The molecule has 3 N–H and O–H groups in total. The highest BCUT2D eigenvalue weighted by atomic mass is 35.5. The third-order valence-electron chi connectivity index (χ3n) is 2.65. The molecule has 0 spiro atoms. The van der Waals surface area contributed by atoms with Gasteiger partial charge in [0.25, 0.3) is 0 Å². The molecule has 1 aliphatic carbocycles. The van der Waals surface area contributed by atoms with Gasteiger partial charge in [-0.25, -0.2) is 4.39 Å². The highest BCUT2D eigenvalue weighted by molar-refractivity contribution is 6.00. The maximum Gasteiger partial charge on any atom is 0.244 e. The Morgan fingerprint density at radius 1 is 1.53 bits per heavy atom. The van der Waals surface area contributed by atoms with E-state index >= 15 is 0 Å². The molecule has 4 nitrogen and oxygen atoms in total. The van der Waals surface area contributed by atoms with Gasteiger partial charge in [-0.1, -0.05) is 0 Å². The maximum absolute atomic E-state index is 13.1. The molecule has 1 saturated carbocycles. The van der Waals surface area contributed by atoms with Gasteiger partial charge in [0.2, 0.25) is 5.91 Å². The van der Waals surface area contributed by atoms with Crippen LogP contribution in [0, 0.1) is 5.82 Å². The quantitative estimate of drug-likeness (QED) is 0.869. The number of carbonyl (C=O) groups is 1. The third kappa shape index (κ3) is 2.87. The predicted molar refractivity (Wildman–Crippen MR) is 65.0 cm³/mol. The first kappa shape index (κ1) is 13.7. The van der Waals surface area contributed by atoms with Crippen LogP contribution in [-0.4, -0.2) is 18.6 Å². The average Bonchev–Trinajstić information content (AvgIpc) is 3.01. The van der Waals surface area contributed by atoms with E-state index in [1.165, 1.54) is 25.3 Å². The summed E-state index contributed by atoms with van der Waals surface area (Å²) in [6.07, 6.45) is 1.38. The number of methoxy groups -OCH3 is 1. The first-order chi connectivity index (χ1) is 7.55. The second-order valence-electron chi connectivity index (χ2n) is 3.96. The molecule has 0 heterocycles. The lowest BCUT2D eigenvalue weighted by atomic mass is 10.2. The van der Waals surface area contributed by atoms with Gasteiger partial charge in [0, 0.05) is 11.8 Å². The van der Waals surface area contributed by atoms with Gasteiger partial charge in [-0.3, -0.25) is 4.79 Å². The molecule has 1 aromatic carbocycles. The van der Waals surface area contributed by atoms with Crippen LogP contribution in [0.1, 0.15) is 12.8 Å². The summed E-state index contributed by atoms with van der Waals surface area (Å²) in [5.41, 5.74) is 5.47. The Hall–Kier alpha value is -1.33. The standard InChI is InChI=1S/C11H13FN2O2.ClH/c1-16-9-6-7(2-3-8(9)12)14-10(15)11(13)4-5-11;/h2-3,6H,4-5,13H2,1H3,(H,14,15);1H. The predicted octanol–water partition coefficient (Wildman–Crippen LogP) is 1.69. The molecular weight excluding hydrogens is 247 g/mol. The molecule has 1 amide bonds. The summed E-state index contributed by atoms with van der Waals surface area (Å²) in [5, 5.41) is 2.64. The maximum atomic E-state index is 13.1. The number of amides is 1. The summed E-state index contributed by atoms with van der Waals surface area (Å²) >= 11 is 0. The number of hydrogen-bond donors (Lipinski definition) is 2. The van der Waals surface area contributed by atoms with Gasteiger partial charge in [-0.15, -0.1) is 12.4 Å². The molecule has 0 aliphatic heterocycles. The fraction of sp³-hybridized carbons (Fsp3) is 0.364. The van der Waals surface area contributed by atoms with Crippen molar-refractivity contribution in [2.45, 2.75) is 18.4 Å². The van der Waals surface area contributed by atoms with Gasteiger partial charge < -0.3 is 15.8 Å². The van der Waals surface area contributed by atoms with E-state index in [0.29, 0.717) is 18.5 Å².